The third-order valence-electron chi connectivity index (χ3n) is 9.68. The second-order valence-electron chi connectivity index (χ2n) is 15.4. The van der Waals surface area contributed by atoms with Crippen molar-refractivity contribution in [2.75, 3.05) is 23.3 Å². The van der Waals surface area contributed by atoms with Crippen LogP contribution < -0.4 is 10.2 Å². The van der Waals surface area contributed by atoms with E-state index in [9.17, 15) is 4.79 Å². The van der Waals surface area contributed by atoms with Gasteiger partial charge in [-0.3, -0.25) is 9.80 Å². The summed E-state index contributed by atoms with van der Waals surface area (Å²) in [6.07, 6.45) is 5.73. The van der Waals surface area contributed by atoms with Gasteiger partial charge in [-0.25, -0.2) is 4.79 Å². The number of piperidine rings is 1. The van der Waals surface area contributed by atoms with Crippen molar-refractivity contribution in [3.8, 4) is 0 Å². The van der Waals surface area contributed by atoms with Crippen LogP contribution in [0.3, 0.4) is 0 Å². The van der Waals surface area contributed by atoms with Gasteiger partial charge in [0.2, 0.25) is 0 Å². The van der Waals surface area contributed by atoms with Crippen LogP contribution in [0.5, 0.6) is 0 Å². The number of anilines is 2. The third kappa shape index (κ3) is 6.88. The molecule has 7 heteroatoms. The SMILES string of the molecule is Cc1nnc(C(C)C)n1C1C[C@H]2CC[C@H](C1)N2CCCN(C(=O)Nc1cc(C(C)(C)C)ccc1C(C)(C)C)c1ccccc1. The Bertz CT molecular complexity index is 1420. The molecule has 2 amide bonds. The maximum atomic E-state index is 14.1. The largest absolute Gasteiger partial charge is 0.326 e. The minimum Gasteiger partial charge on any atom is -0.312 e. The number of hydrogen-bond donors (Lipinski definition) is 1. The van der Waals surface area contributed by atoms with Gasteiger partial charge in [-0.15, -0.1) is 10.2 Å². The number of aryl methyl sites for hydroxylation is 1. The molecule has 0 saturated carbocycles. The first kappa shape index (κ1) is 32.2. The molecule has 0 aliphatic carbocycles. The van der Waals surface area contributed by atoms with Crippen molar-refractivity contribution in [1.82, 2.24) is 19.7 Å². The topological polar surface area (TPSA) is 66.3 Å². The molecule has 3 aromatic rings. The fourth-order valence-electron chi connectivity index (χ4n) is 7.37. The van der Waals surface area contributed by atoms with E-state index in [1.807, 2.05) is 35.2 Å². The lowest BCUT2D eigenvalue weighted by Gasteiger charge is -2.40. The van der Waals surface area contributed by atoms with E-state index in [0.29, 0.717) is 30.6 Å². The number of urea groups is 1. The van der Waals surface area contributed by atoms with E-state index < -0.39 is 0 Å². The maximum Gasteiger partial charge on any atom is 0.326 e. The lowest BCUT2D eigenvalue weighted by Crippen LogP contribution is -2.45. The number of aromatic nitrogens is 3. The van der Waals surface area contributed by atoms with Gasteiger partial charge in [-0.2, -0.15) is 0 Å². The number of fused-ring (bicyclic) bond motifs is 2. The Balaban J connectivity index is 1.30. The van der Waals surface area contributed by atoms with Crippen LogP contribution in [0.4, 0.5) is 16.2 Å². The van der Waals surface area contributed by atoms with Crippen molar-refractivity contribution in [3.05, 3.63) is 71.3 Å². The molecule has 2 bridgehead atoms. The summed E-state index contributed by atoms with van der Waals surface area (Å²) in [4.78, 5) is 18.7. The monoisotopic (exact) mass is 598 g/mol. The van der Waals surface area contributed by atoms with Crippen LogP contribution >= 0.6 is 0 Å². The molecule has 0 unspecified atom stereocenters. The van der Waals surface area contributed by atoms with E-state index >= 15 is 0 Å². The lowest BCUT2D eigenvalue weighted by atomic mass is 9.81. The Kier molecular flexibility index (Phi) is 9.27. The molecule has 238 valence electrons. The van der Waals surface area contributed by atoms with Crippen molar-refractivity contribution in [1.29, 1.82) is 0 Å². The van der Waals surface area contributed by atoms with Gasteiger partial charge in [0.05, 0.1) is 0 Å². The fraction of sp³-hybridized carbons (Fsp3) is 0.595. The van der Waals surface area contributed by atoms with E-state index in [1.54, 1.807) is 0 Å². The van der Waals surface area contributed by atoms with Gasteiger partial charge >= 0.3 is 6.03 Å². The molecular formula is C37H54N6O. The number of nitrogens with zero attached hydrogens (tertiary/aromatic N) is 5. The first-order chi connectivity index (χ1) is 20.7. The Morgan fingerprint density at radius 3 is 2.18 bits per heavy atom. The van der Waals surface area contributed by atoms with E-state index in [4.69, 9.17) is 0 Å². The summed E-state index contributed by atoms with van der Waals surface area (Å²) in [5.41, 5.74) is 4.10. The van der Waals surface area contributed by atoms with Crippen molar-refractivity contribution in [2.24, 2.45) is 0 Å². The second-order valence-corrected chi connectivity index (χ2v) is 15.4. The average Bonchev–Trinajstić information content (AvgIpc) is 3.45. The van der Waals surface area contributed by atoms with Gasteiger partial charge in [0.15, 0.2) is 0 Å². The van der Waals surface area contributed by atoms with E-state index in [1.165, 1.54) is 18.4 Å². The number of rotatable bonds is 8. The molecule has 2 aliphatic rings. The van der Waals surface area contributed by atoms with Crippen molar-refractivity contribution in [3.63, 3.8) is 0 Å². The summed E-state index contributed by atoms with van der Waals surface area (Å²) >= 11 is 0. The average molecular weight is 599 g/mol. The highest BCUT2D eigenvalue weighted by molar-refractivity contribution is 6.02. The number of carbonyl (C=O) groups is 1. The first-order valence-electron chi connectivity index (χ1n) is 16.7. The molecule has 2 aliphatic heterocycles. The summed E-state index contributed by atoms with van der Waals surface area (Å²) in [7, 11) is 0. The van der Waals surface area contributed by atoms with Crippen molar-refractivity contribution < 1.29 is 4.79 Å². The Morgan fingerprint density at radius 1 is 0.932 bits per heavy atom. The summed E-state index contributed by atoms with van der Waals surface area (Å²) in [6.45, 7) is 21.5. The number of carbonyl (C=O) groups excluding carboxylic acids is 1. The minimum absolute atomic E-state index is 0.00869. The van der Waals surface area contributed by atoms with Crippen LogP contribution in [-0.4, -0.2) is 50.9 Å². The number of para-hydroxylation sites is 1. The number of nitrogens with one attached hydrogen (secondary N) is 1. The summed E-state index contributed by atoms with van der Waals surface area (Å²) < 4.78 is 2.43. The van der Waals surface area contributed by atoms with E-state index in [-0.39, 0.29) is 16.9 Å². The quantitative estimate of drug-likeness (QED) is 0.282. The smallest absolute Gasteiger partial charge is 0.312 e. The first-order valence-corrected chi connectivity index (χ1v) is 16.7. The highest BCUT2D eigenvalue weighted by Crippen LogP contribution is 2.42. The lowest BCUT2D eigenvalue weighted by molar-refractivity contribution is 0.104. The highest BCUT2D eigenvalue weighted by Gasteiger charge is 2.42. The van der Waals surface area contributed by atoms with E-state index in [2.05, 4.69) is 105 Å². The molecule has 2 atom stereocenters. The molecule has 1 N–H and O–H groups in total. The van der Waals surface area contributed by atoms with Gasteiger partial charge in [0.1, 0.15) is 11.6 Å². The fourth-order valence-corrected chi connectivity index (χ4v) is 7.37. The third-order valence-corrected chi connectivity index (χ3v) is 9.68. The zero-order valence-electron chi connectivity index (χ0n) is 28.5. The Morgan fingerprint density at radius 2 is 1.59 bits per heavy atom. The normalized spacial score (nSPS) is 20.7. The molecule has 7 nitrogen and oxygen atoms in total. The molecular weight excluding hydrogens is 544 g/mol. The second kappa shape index (κ2) is 12.7. The van der Waals surface area contributed by atoms with Crippen LogP contribution in [-0.2, 0) is 10.8 Å². The molecule has 3 heterocycles. The molecule has 2 saturated heterocycles. The van der Waals surface area contributed by atoms with Crippen molar-refractivity contribution in [2.45, 2.75) is 129 Å². The molecule has 0 spiro atoms. The van der Waals surface area contributed by atoms with Crippen LogP contribution in [0.2, 0.25) is 0 Å². The zero-order valence-corrected chi connectivity index (χ0v) is 28.5. The van der Waals surface area contributed by atoms with Gasteiger partial charge in [0.25, 0.3) is 0 Å². The summed E-state index contributed by atoms with van der Waals surface area (Å²) in [5.74, 6) is 2.53. The number of hydrogen-bond acceptors (Lipinski definition) is 4. The minimum atomic E-state index is -0.0940. The number of amides is 2. The zero-order chi connectivity index (χ0) is 31.8. The maximum absolute atomic E-state index is 14.1. The van der Waals surface area contributed by atoms with Gasteiger partial charge in [-0.05, 0) is 79.2 Å². The van der Waals surface area contributed by atoms with Crippen LogP contribution in [0.25, 0.3) is 0 Å². The molecule has 0 radical (unpaired) electrons. The van der Waals surface area contributed by atoms with Gasteiger partial charge in [-0.1, -0.05) is 85.7 Å². The predicted octanol–water partition coefficient (Wildman–Crippen LogP) is 8.60. The standard InChI is InChI=1S/C37H54N6O/c1-25(2)34-40-39-26(3)43(34)31-23-29-17-18-30(24-31)41(29)20-13-21-42(28-14-11-10-12-15-28)35(44)38-33-22-27(36(4,5)6)16-19-32(33)37(7,8)9/h10-12,14-16,19,22,25,29-31H,13,17-18,20-21,23-24H2,1-9H3,(H,38,44)/t29-,30-/m1/s1. The van der Waals surface area contributed by atoms with Crippen LogP contribution in [0.15, 0.2) is 48.5 Å². The molecule has 2 aromatic carbocycles. The highest BCUT2D eigenvalue weighted by atomic mass is 16.2. The molecule has 5 rings (SSSR count). The van der Waals surface area contributed by atoms with Crippen LogP contribution in [0.1, 0.15) is 122 Å². The summed E-state index contributed by atoms with van der Waals surface area (Å²) in [5, 5.41) is 12.3. The van der Waals surface area contributed by atoms with Crippen LogP contribution in [0, 0.1) is 6.92 Å². The van der Waals surface area contributed by atoms with Gasteiger partial charge < -0.3 is 9.88 Å². The van der Waals surface area contributed by atoms with Crippen molar-refractivity contribution >= 4 is 17.4 Å². The number of benzene rings is 2. The Hall–Kier alpha value is -3.19. The van der Waals surface area contributed by atoms with Gasteiger partial charge in [0, 0.05) is 48.5 Å². The Labute approximate surface area is 265 Å². The van der Waals surface area contributed by atoms with E-state index in [0.717, 1.165) is 54.4 Å². The molecule has 2 fully saturated rings. The predicted molar refractivity (Wildman–Crippen MR) is 182 cm³/mol. The molecule has 1 aromatic heterocycles. The molecule has 44 heavy (non-hydrogen) atoms. The summed E-state index contributed by atoms with van der Waals surface area (Å²) in [6, 6.07) is 18.2.